The van der Waals surface area contributed by atoms with Crippen LogP contribution in [0.1, 0.15) is 20.3 Å². The summed E-state index contributed by atoms with van der Waals surface area (Å²) in [6.07, 6.45) is 0.557. The summed E-state index contributed by atoms with van der Waals surface area (Å²) in [5.74, 6) is 0.835. The van der Waals surface area contributed by atoms with Gasteiger partial charge in [0.2, 0.25) is 0 Å². The van der Waals surface area contributed by atoms with E-state index in [0.717, 1.165) is 0 Å². The van der Waals surface area contributed by atoms with E-state index in [-0.39, 0.29) is 5.84 Å². The third kappa shape index (κ3) is 7.76. The van der Waals surface area contributed by atoms with Crippen molar-refractivity contribution in [2.45, 2.75) is 20.3 Å². The summed E-state index contributed by atoms with van der Waals surface area (Å²) >= 11 is 5.76. The van der Waals surface area contributed by atoms with Crippen LogP contribution in [-0.4, -0.2) is 29.7 Å². The lowest BCUT2D eigenvalue weighted by Gasteiger charge is -2.16. The normalized spacial score (nSPS) is 11.6. The molecule has 0 saturated heterocycles. The standard InChI is InChI=1S/C9H16ClN3O/c1-7(2)14-13(4)6-5-9(10)12-8(3)11/h11H,1,5-6H2,2-4H3/b11-8?,12-9+. The van der Waals surface area contributed by atoms with E-state index in [0.29, 0.717) is 23.9 Å². The van der Waals surface area contributed by atoms with Crippen molar-refractivity contribution in [3.8, 4) is 0 Å². The minimum Gasteiger partial charge on any atom is -0.412 e. The van der Waals surface area contributed by atoms with Crippen molar-refractivity contribution in [2.24, 2.45) is 4.99 Å². The molecular formula is C9H16ClN3O. The highest BCUT2D eigenvalue weighted by atomic mass is 35.5. The molecule has 0 atom stereocenters. The van der Waals surface area contributed by atoms with Crippen LogP contribution in [0.5, 0.6) is 0 Å². The molecule has 0 saturated carbocycles. The predicted octanol–water partition coefficient (Wildman–Crippen LogP) is 2.41. The molecule has 0 aromatic heterocycles. The summed E-state index contributed by atoms with van der Waals surface area (Å²) < 4.78 is 0. The fraction of sp³-hybridized carbons (Fsp3) is 0.556. The Morgan fingerprint density at radius 1 is 1.57 bits per heavy atom. The van der Waals surface area contributed by atoms with Crippen LogP contribution in [0.3, 0.4) is 0 Å². The quantitative estimate of drug-likeness (QED) is 0.333. The Kier molecular flexibility index (Phi) is 6.16. The highest BCUT2D eigenvalue weighted by Gasteiger charge is 2.01. The summed E-state index contributed by atoms with van der Waals surface area (Å²) in [5, 5.41) is 9.13. The summed E-state index contributed by atoms with van der Waals surface area (Å²) in [6.45, 7) is 7.57. The fourth-order valence-electron chi connectivity index (χ4n) is 0.799. The van der Waals surface area contributed by atoms with Crippen molar-refractivity contribution in [1.29, 1.82) is 5.41 Å². The van der Waals surface area contributed by atoms with Crippen molar-refractivity contribution in [2.75, 3.05) is 13.6 Å². The van der Waals surface area contributed by atoms with Crippen molar-refractivity contribution < 1.29 is 4.84 Å². The smallest absolute Gasteiger partial charge is 0.118 e. The maximum atomic E-state index is 7.09. The average Bonchev–Trinajstić information content (AvgIpc) is 1.98. The second kappa shape index (κ2) is 6.56. The molecule has 1 N–H and O–H groups in total. The monoisotopic (exact) mass is 217 g/mol. The van der Waals surface area contributed by atoms with Crippen molar-refractivity contribution in [3.05, 3.63) is 12.3 Å². The van der Waals surface area contributed by atoms with E-state index in [1.54, 1.807) is 26.0 Å². The first kappa shape index (κ1) is 13.1. The zero-order chi connectivity index (χ0) is 11.1. The van der Waals surface area contributed by atoms with Crippen molar-refractivity contribution in [1.82, 2.24) is 5.06 Å². The van der Waals surface area contributed by atoms with Crippen LogP contribution < -0.4 is 0 Å². The second-order valence-corrected chi connectivity index (χ2v) is 3.40. The van der Waals surface area contributed by atoms with Gasteiger partial charge >= 0.3 is 0 Å². The van der Waals surface area contributed by atoms with E-state index < -0.39 is 0 Å². The van der Waals surface area contributed by atoms with Crippen molar-refractivity contribution in [3.63, 3.8) is 0 Å². The number of aliphatic imine (C=N–C) groups is 1. The minimum atomic E-state index is 0.207. The third-order valence-electron chi connectivity index (χ3n) is 1.23. The van der Waals surface area contributed by atoms with E-state index in [4.69, 9.17) is 21.8 Å². The molecule has 0 unspecified atom stereocenters. The van der Waals surface area contributed by atoms with Gasteiger partial charge in [-0.3, -0.25) is 5.41 Å². The number of allylic oxidation sites excluding steroid dienone is 1. The maximum Gasteiger partial charge on any atom is 0.118 e. The topological polar surface area (TPSA) is 48.7 Å². The molecule has 0 aromatic rings. The number of hydrogen-bond acceptors (Lipinski definition) is 3. The second-order valence-electron chi connectivity index (χ2n) is 2.97. The van der Waals surface area contributed by atoms with Gasteiger partial charge in [-0.25, -0.2) is 4.99 Å². The van der Waals surface area contributed by atoms with Crippen LogP contribution in [0.25, 0.3) is 0 Å². The molecule has 0 aliphatic rings. The Labute approximate surface area is 89.7 Å². The van der Waals surface area contributed by atoms with E-state index in [2.05, 4.69) is 11.6 Å². The molecule has 0 aliphatic carbocycles. The summed E-state index contributed by atoms with van der Waals surface area (Å²) in [6, 6.07) is 0. The van der Waals surface area contributed by atoms with Gasteiger partial charge in [-0.05, 0) is 13.8 Å². The molecule has 80 valence electrons. The number of halogens is 1. The average molecular weight is 218 g/mol. The van der Waals surface area contributed by atoms with Crippen LogP contribution in [0.15, 0.2) is 17.3 Å². The molecule has 0 heterocycles. The van der Waals surface area contributed by atoms with E-state index >= 15 is 0 Å². The molecule has 0 aromatic carbocycles. The van der Waals surface area contributed by atoms with Crippen LogP contribution >= 0.6 is 11.6 Å². The number of hydrogen-bond donors (Lipinski definition) is 1. The van der Waals surface area contributed by atoms with E-state index in [9.17, 15) is 0 Å². The molecule has 0 spiro atoms. The van der Waals surface area contributed by atoms with Gasteiger partial charge in [0, 0.05) is 20.0 Å². The Morgan fingerprint density at radius 3 is 2.57 bits per heavy atom. The molecule has 0 amide bonds. The Balaban J connectivity index is 3.82. The van der Waals surface area contributed by atoms with Crippen LogP contribution in [0, 0.1) is 5.41 Å². The molecule has 0 aliphatic heterocycles. The summed E-state index contributed by atoms with van der Waals surface area (Å²) in [7, 11) is 1.79. The highest BCUT2D eigenvalue weighted by molar-refractivity contribution is 6.66. The number of amidine groups is 1. The fourth-order valence-corrected chi connectivity index (χ4v) is 1.01. The van der Waals surface area contributed by atoms with Gasteiger partial charge in [0.05, 0.1) is 0 Å². The predicted molar refractivity (Wildman–Crippen MR) is 59.8 cm³/mol. The lowest BCUT2D eigenvalue weighted by atomic mass is 10.4. The van der Waals surface area contributed by atoms with Gasteiger partial charge in [0.25, 0.3) is 0 Å². The summed E-state index contributed by atoms with van der Waals surface area (Å²) in [5.41, 5.74) is 0. The van der Waals surface area contributed by atoms with Crippen LogP contribution in [-0.2, 0) is 4.84 Å². The Bertz CT molecular complexity index is 250. The SMILES string of the molecule is C=C(C)ON(C)CC/C(Cl)=N\C(C)=N. The third-order valence-corrected chi connectivity index (χ3v) is 1.51. The number of rotatable bonds is 5. The summed E-state index contributed by atoms with van der Waals surface area (Å²) in [4.78, 5) is 8.97. The van der Waals surface area contributed by atoms with E-state index in [1.807, 2.05) is 0 Å². The van der Waals surface area contributed by atoms with Gasteiger partial charge in [-0.15, -0.1) is 5.06 Å². The first-order valence-corrected chi connectivity index (χ1v) is 4.62. The Morgan fingerprint density at radius 2 is 2.14 bits per heavy atom. The number of nitrogens with zero attached hydrogens (tertiary/aromatic N) is 2. The first-order chi connectivity index (χ1) is 6.41. The zero-order valence-electron chi connectivity index (χ0n) is 8.80. The largest absolute Gasteiger partial charge is 0.412 e. The molecular weight excluding hydrogens is 202 g/mol. The number of nitrogens with one attached hydrogen (secondary N) is 1. The molecule has 0 bridgehead atoms. The van der Waals surface area contributed by atoms with Gasteiger partial charge < -0.3 is 4.84 Å². The van der Waals surface area contributed by atoms with Gasteiger partial charge in [0.1, 0.15) is 16.8 Å². The maximum absolute atomic E-state index is 7.09. The molecule has 14 heavy (non-hydrogen) atoms. The zero-order valence-corrected chi connectivity index (χ0v) is 9.56. The highest BCUT2D eigenvalue weighted by Crippen LogP contribution is 2.00. The van der Waals surface area contributed by atoms with Gasteiger partial charge in [-0.2, -0.15) is 0 Å². The minimum absolute atomic E-state index is 0.207. The lowest BCUT2D eigenvalue weighted by Crippen LogP contribution is -2.20. The van der Waals surface area contributed by atoms with Gasteiger partial charge in [0.15, 0.2) is 0 Å². The molecule has 5 heteroatoms. The molecule has 0 fully saturated rings. The van der Waals surface area contributed by atoms with Crippen molar-refractivity contribution >= 4 is 22.6 Å². The van der Waals surface area contributed by atoms with Crippen LogP contribution in [0.4, 0.5) is 0 Å². The number of hydroxylamine groups is 2. The van der Waals surface area contributed by atoms with E-state index in [1.165, 1.54) is 0 Å². The van der Waals surface area contributed by atoms with Crippen LogP contribution in [0.2, 0.25) is 0 Å². The molecule has 0 rings (SSSR count). The first-order valence-electron chi connectivity index (χ1n) is 4.24. The van der Waals surface area contributed by atoms with Gasteiger partial charge in [-0.1, -0.05) is 18.2 Å². The lowest BCUT2D eigenvalue weighted by molar-refractivity contribution is -0.0932. The molecule has 4 nitrogen and oxygen atoms in total. The molecule has 0 radical (unpaired) electrons. The Hall–Kier alpha value is -0.870.